The smallest absolute Gasteiger partial charge is 0.338 e. The first-order valence-electron chi connectivity index (χ1n) is 7.65. The van der Waals surface area contributed by atoms with Crippen molar-refractivity contribution in [1.29, 1.82) is 0 Å². The molecule has 0 bridgehead atoms. The van der Waals surface area contributed by atoms with Crippen molar-refractivity contribution in [2.45, 2.75) is 23.3 Å². The molecule has 1 atom stereocenters. The molecule has 1 aromatic heterocycles. The number of thiophene rings is 1. The third-order valence-electron chi connectivity index (χ3n) is 4.10. The topological polar surface area (TPSA) is 105 Å². The fraction of sp³-hybridized carbons (Fsp3) is 0.643. The molecule has 8 nitrogen and oxygen atoms in total. The molecule has 0 aromatic carbocycles. The molecule has 1 fully saturated rings. The van der Waals surface area contributed by atoms with Crippen LogP contribution in [-0.4, -0.2) is 69.9 Å². The predicted molar refractivity (Wildman–Crippen MR) is 87.1 cm³/mol. The van der Waals surface area contributed by atoms with Crippen LogP contribution >= 0.6 is 11.3 Å². The summed E-state index contributed by atoms with van der Waals surface area (Å²) in [7, 11) is -2.46. The Hall–Kier alpha value is -1.04. The number of carboxylic acid groups (broad SMARTS) is 1. The van der Waals surface area contributed by atoms with E-state index in [0.717, 1.165) is 20.5 Å². The van der Waals surface area contributed by atoms with Crippen LogP contribution < -0.4 is 5.32 Å². The van der Waals surface area contributed by atoms with E-state index in [-0.39, 0.29) is 22.4 Å². The number of rotatable bonds is 5. The van der Waals surface area contributed by atoms with Gasteiger partial charge in [-0.3, -0.25) is 0 Å². The SMILES string of the molecule is CN(C[C@@H]1COCCO1)S(=O)(=O)c1sc2c(c1C(=O)O)CCNC2. The van der Waals surface area contributed by atoms with Crippen molar-refractivity contribution < 1.29 is 27.8 Å². The normalized spacial score (nSPS) is 21.7. The van der Waals surface area contributed by atoms with Gasteiger partial charge in [0.05, 0.1) is 31.5 Å². The Kier molecular flexibility index (Phi) is 5.23. The lowest BCUT2D eigenvalue weighted by atomic mass is 10.1. The molecule has 3 heterocycles. The highest BCUT2D eigenvalue weighted by Gasteiger charge is 2.35. The molecule has 24 heavy (non-hydrogen) atoms. The standard InChI is InChI=1S/C14H20N2O6S2/c1-16(7-9-8-21-4-5-22-9)24(19,20)14-12(13(17)18)10-2-3-15-6-11(10)23-14/h9,15H,2-8H2,1H3,(H,17,18)/t9-/m1/s1. The van der Waals surface area contributed by atoms with E-state index in [1.165, 1.54) is 7.05 Å². The van der Waals surface area contributed by atoms with Crippen LogP contribution in [0.5, 0.6) is 0 Å². The number of ether oxygens (including phenoxy) is 2. The molecular weight excluding hydrogens is 356 g/mol. The van der Waals surface area contributed by atoms with Gasteiger partial charge in [0.25, 0.3) is 10.0 Å². The Balaban J connectivity index is 1.91. The minimum atomic E-state index is -3.90. The van der Waals surface area contributed by atoms with Crippen LogP contribution in [0.1, 0.15) is 20.8 Å². The van der Waals surface area contributed by atoms with Crippen molar-refractivity contribution in [3.05, 3.63) is 16.0 Å². The summed E-state index contributed by atoms with van der Waals surface area (Å²) in [6, 6.07) is 0. The van der Waals surface area contributed by atoms with Gasteiger partial charge in [-0.1, -0.05) is 0 Å². The number of hydrogen-bond donors (Lipinski definition) is 2. The maximum atomic E-state index is 12.9. The summed E-state index contributed by atoms with van der Waals surface area (Å²) < 4.78 is 37.6. The summed E-state index contributed by atoms with van der Waals surface area (Å²) in [5.41, 5.74) is 0.555. The molecular formula is C14H20N2O6S2. The second kappa shape index (κ2) is 7.06. The number of fused-ring (bicyclic) bond motifs is 1. The highest BCUT2D eigenvalue weighted by atomic mass is 32.2. The first-order valence-corrected chi connectivity index (χ1v) is 9.91. The van der Waals surface area contributed by atoms with Crippen LogP contribution in [0.4, 0.5) is 0 Å². The number of hydrogen-bond acceptors (Lipinski definition) is 7. The van der Waals surface area contributed by atoms with Crippen molar-refractivity contribution in [1.82, 2.24) is 9.62 Å². The van der Waals surface area contributed by atoms with Gasteiger partial charge in [0.2, 0.25) is 0 Å². The van der Waals surface area contributed by atoms with Gasteiger partial charge < -0.3 is 19.9 Å². The third-order valence-corrected chi connectivity index (χ3v) is 7.65. The van der Waals surface area contributed by atoms with Crippen LogP contribution in [0.3, 0.4) is 0 Å². The number of sulfonamides is 1. The molecule has 3 rings (SSSR count). The van der Waals surface area contributed by atoms with Gasteiger partial charge >= 0.3 is 5.97 Å². The van der Waals surface area contributed by atoms with E-state index in [9.17, 15) is 18.3 Å². The van der Waals surface area contributed by atoms with Gasteiger partial charge in [-0.15, -0.1) is 11.3 Å². The molecule has 0 unspecified atom stereocenters. The number of carboxylic acids is 1. The Morgan fingerprint density at radius 1 is 1.46 bits per heavy atom. The van der Waals surface area contributed by atoms with Gasteiger partial charge in [-0.05, 0) is 18.5 Å². The molecule has 0 amide bonds. The summed E-state index contributed by atoms with van der Waals surface area (Å²) in [6.07, 6.45) is 0.176. The van der Waals surface area contributed by atoms with Gasteiger partial charge in [0, 0.05) is 25.0 Å². The van der Waals surface area contributed by atoms with E-state index in [1.54, 1.807) is 0 Å². The van der Waals surface area contributed by atoms with Gasteiger partial charge in [0.15, 0.2) is 0 Å². The molecule has 1 saturated heterocycles. The maximum Gasteiger partial charge on any atom is 0.338 e. The van der Waals surface area contributed by atoms with Crippen LogP contribution in [0, 0.1) is 0 Å². The lowest BCUT2D eigenvalue weighted by Crippen LogP contribution is -2.40. The summed E-state index contributed by atoms with van der Waals surface area (Å²) in [5, 5.41) is 12.7. The zero-order valence-electron chi connectivity index (χ0n) is 13.3. The Bertz CT molecular complexity index is 724. The monoisotopic (exact) mass is 376 g/mol. The quantitative estimate of drug-likeness (QED) is 0.752. The number of nitrogens with one attached hydrogen (secondary N) is 1. The third kappa shape index (κ3) is 3.35. The van der Waals surface area contributed by atoms with Gasteiger partial charge in [-0.2, -0.15) is 4.31 Å². The molecule has 2 aliphatic heterocycles. The zero-order chi connectivity index (χ0) is 17.3. The lowest BCUT2D eigenvalue weighted by molar-refractivity contribution is -0.0908. The highest BCUT2D eigenvalue weighted by molar-refractivity contribution is 7.91. The van der Waals surface area contributed by atoms with Crippen molar-refractivity contribution in [2.75, 3.05) is 40.0 Å². The molecule has 10 heteroatoms. The second-order valence-electron chi connectivity index (χ2n) is 5.75. The van der Waals surface area contributed by atoms with Crippen molar-refractivity contribution in [3.8, 4) is 0 Å². The summed E-state index contributed by atoms with van der Waals surface area (Å²) in [5.74, 6) is -1.20. The van der Waals surface area contributed by atoms with Crippen LogP contribution in [-0.2, 0) is 32.5 Å². The molecule has 2 aliphatic rings. The average molecular weight is 376 g/mol. The maximum absolute atomic E-state index is 12.9. The minimum Gasteiger partial charge on any atom is -0.478 e. The van der Waals surface area contributed by atoms with Crippen molar-refractivity contribution in [3.63, 3.8) is 0 Å². The fourth-order valence-corrected chi connectivity index (χ4v) is 6.13. The van der Waals surface area contributed by atoms with E-state index in [2.05, 4.69) is 5.32 Å². The predicted octanol–water partition coefficient (Wildman–Crippen LogP) is 0.128. The largest absolute Gasteiger partial charge is 0.478 e. The van der Waals surface area contributed by atoms with Crippen LogP contribution in [0.25, 0.3) is 0 Å². The molecule has 1 aromatic rings. The Morgan fingerprint density at radius 2 is 2.25 bits per heavy atom. The summed E-state index contributed by atoms with van der Waals surface area (Å²) >= 11 is 1.04. The number of carbonyl (C=O) groups is 1. The van der Waals surface area contributed by atoms with Crippen molar-refractivity contribution >= 4 is 27.3 Å². The van der Waals surface area contributed by atoms with E-state index < -0.39 is 16.0 Å². The van der Waals surface area contributed by atoms with Crippen molar-refractivity contribution in [2.24, 2.45) is 0 Å². The van der Waals surface area contributed by atoms with Gasteiger partial charge in [0.1, 0.15) is 4.21 Å². The Morgan fingerprint density at radius 3 is 2.92 bits per heavy atom. The van der Waals surface area contributed by atoms with E-state index in [4.69, 9.17) is 9.47 Å². The zero-order valence-corrected chi connectivity index (χ0v) is 14.9. The Labute approximate surface area is 144 Å². The van der Waals surface area contributed by atoms with Gasteiger partial charge in [-0.25, -0.2) is 13.2 Å². The minimum absolute atomic E-state index is 0.0795. The van der Waals surface area contributed by atoms with Crippen LogP contribution in [0.15, 0.2) is 4.21 Å². The molecule has 0 saturated carbocycles. The fourth-order valence-electron chi connectivity index (χ4n) is 2.88. The summed E-state index contributed by atoms with van der Waals surface area (Å²) in [4.78, 5) is 12.5. The first-order chi connectivity index (χ1) is 11.4. The van der Waals surface area contributed by atoms with Crippen LogP contribution in [0.2, 0.25) is 0 Å². The molecule has 134 valence electrons. The lowest BCUT2D eigenvalue weighted by Gasteiger charge is -2.26. The average Bonchev–Trinajstić information content (AvgIpc) is 2.96. The van der Waals surface area contributed by atoms with E-state index in [0.29, 0.717) is 44.9 Å². The highest BCUT2D eigenvalue weighted by Crippen LogP contribution is 2.35. The summed E-state index contributed by atoms with van der Waals surface area (Å²) in [6.45, 7) is 2.53. The van der Waals surface area contributed by atoms with E-state index in [1.807, 2.05) is 0 Å². The number of aromatic carboxylic acids is 1. The molecule has 0 radical (unpaired) electrons. The molecule has 0 aliphatic carbocycles. The molecule has 2 N–H and O–H groups in total. The number of likely N-dealkylation sites (N-methyl/N-ethyl adjacent to an activating group) is 1. The van der Waals surface area contributed by atoms with E-state index >= 15 is 0 Å². The first kappa shape index (κ1) is 17.8. The number of nitrogens with zero attached hydrogens (tertiary/aromatic N) is 1. The molecule has 0 spiro atoms. The second-order valence-corrected chi connectivity index (χ2v) is 9.10.